The van der Waals surface area contributed by atoms with Gasteiger partial charge in [0.15, 0.2) is 0 Å². The lowest BCUT2D eigenvalue weighted by atomic mass is 9.91. The molecule has 4 nitrogen and oxygen atoms in total. The number of amides is 1. The van der Waals surface area contributed by atoms with E-state index in [1.165, 1.54) is 0 Å². The van der Waals surface area contributed by atoms with Crippen molar-refractivity contribution in [2.45, 2.75) is 43.7 Å². The van der Waals surface area contributed by atoms with Crippen LogP contribution in [-0.4, -0.2) is 39.1 Å². The fourth-order valence-corrected chi connectivity index (χ4v) is 3.65. The van der Waals surface area contributed by atoms with Gasteiger partial charge < -0.3 is 10.0 Å². The van der Waals surface area contributed by atoms with Crippen LogP contribution < -0.4 is 0 Å². The van der Waals surface area contributed by atoms with Gasteiger partial charge in [0.1, 0.15) is 10.8 Å². The molecule has 1 spiro atoms. The molecule has 1 atom stereocenters. The largest absolute Gasteiger partial charge is 0.391 e. The van der Waals surface area contributed by atoms with Crippen LogP contribution in [0.4, 0.5) is 0 Å². The van der Waals surface area contributed by atoms with Gasteiger partial charge in [-0.15, -0.1) is 0 Å². The number of hydrogen-bond donors (Lipinski definition) is 1. The van der Waals surface area contributed by atoms with Gasteiger partial charge in [-0.25, -0.2) is 4.98 Å². The SMILES string of the molecule is O=C(c1cccc(Cl)n1)N1CCC(O)C12CCCC2. The van der Waals surface area contributed by atoms with Crippen LogP contribution in [0.5, 0.6) is 0 Å². The van der Waals surface area contributed by atoms with Crippen molar-refractivity contribution in [3.63, 3.8) is 0 Å². The number of likely N-dealkylation sites (tertiary alicyclic amines) is 1. The lowest BCUT2D eigenvalue weighted by Gasteiger charge is -2.37. The molecular weight excluding hydrogens is 264 g/mol. The predicted molar refractivity (Wildman–Crippen MR) is 72.1 cm³/mol. The van der Waals surface area contributed by atoms with Crippen molar-refractivity contribution in [1.82, 2.24) is 9.88 Å². The molecule has 2 aliphatic rings. The Labute approximate surface area is 117 Å². The lowest BCUT2D eigenvalue weighted by Crippen LogP contribution is -2.51. The lowest BCUT2D eigenvalue weighted by molar-refractivity contribution is 0.0256. The maximum Gasteiger partial charge on any atom is 0.273 e. The Kier molecular flexibility index (Phi) is 3.23. The molecule has 1 aromatic rings. The first-order chi connectivity index (χ1) is 9.13. The second-order valence-corrected chi connectivity index (χ2v) is 5.80. The van der Waals surface area contributed by atoms with E-state index in [0.717, 1.165) is 25.7 Å². The van der Waals surface area contributed by atoms with E-state index in [-0.39, 0.29) is 11.4 Å². The van der Waals surface area contributed by atoms with Gasteiger partial charge in [0.25, 0.3) is 5.91 Å². The number of carbonyl (C=O) groups is 1. The Bertz CT molecular complexity index is 500. The zero-order valence-corrected chi connectivity index (χ0v) is 11.4. The highest BCUT2D eigenvalue weighted by Gasteiger charge is 2.51. The van der Waals surface area contributed by atoms with E-state index in [0.29, 0.717) is 23.8 Å². The number of rotatable bonds is 1. The average Bonchev–Trinajstić information content (AvgIpc) is 3.00. The minimum absolute atomic E-state index is 0.110. The smallest absolute Gasteiger partial charge is 0.273 e. The Morgan fingerprint density at radius 2 is 2.16 bits per heavy atom. The molecule has 1 aliphatic carbocycles. The first kappa shape index (κ1) is 12.9. The minimum atomic E-state index is -0.405. The molecule has 102 valence electrons. The normalized spacial score (nSPS) is 25.2. The molecule has 1 saturated carbocycles. The molecule has 3 rings (SSSR count). The molecule has 0 radical (unpaired) electrons. The third-order valence-corrected chi connectivity index (χ3v) is 4.64. The zero-order valence-electron chi connectivity index (χ0n) is 10.7. The van der Waals surface area contributed by atoms with E-state index in [4.69, 9.17) is 11.6 Å². The second kappa shape index (κ2) is 4.76. The first-order valence-electron chi connectivity index (χ1n) is 6.76. The van der Waals surface area contributed by atoms with Crippen molar-refractivity contribution in [3.8, 4) is 0 Å². The van der Waals surface area contributed by atoms with E-state index in [1.807, 2.05) is 4.90 Å². The van der Waals surface area contributed by atoms with Crippen LogP contribution in [0.25, 0.3) is 0 Å². The predicted octanol–water partition coefficient (Wildman–Crippen LogP) is 2.25. The average molecular weight is 281 g/mol. The number of hydrogen-bond acceptors (Lipinski definition) is 3. The topological polar surface area (TPSA) is 53.4 Å². The van der Waals surface area contributed by atoms with Gasteiger partial charge in [0.2, 0.25) is 0 Å². The molecule has 1 saturated heterocycles. The van der Waals surface area contributed by atoms with E-state index in [9.17, 15) is 9.90 Å². The maximum absolute atomic E-state index is 12.6. The van der Waals surface area contributed by atoms with Crippen molar-refractivity contribution in [3.05, 3.63) is 29.0 Å². The summed E-state index contributed by atoms with van der Waals surface area (Å²) in [5.41, 5.74) is 0.00836. The van der Waals surface area contributed by atoms with Gasteiger partial charge in [-0.2, -0.15) is 0 Å². The van der Waals surface area contributed by atoms with Crippen LogP contribution in [0.2, 0.25) is 5.15 Å². The molecule has 2 heterocycles. The van der Waals surface area contributed by atoms with Crippen molar-refractivity contribution >= 4 is 17.5 Å². The van der Waals surface area contributed by atoms with Gasteiger partial charge >= 0.3 is 0 Å². The molecule has 19 heavy (non-hydrogen) atoms. The van der Waals surface area contributed by atoms with E-state index in [1.54, 1.807) is 18.2 Å². The third kappa shape index (κ3) is 2.03. The number of aliphatic hydroxyl groups excluding tert-OH is 1. The van der Waals surface area contributed by atoms with Crippen molar-refractivity contribution in [2.24, 2.45) is 0 Å². The molecule has 2 fully saturated rings. The van der Waals surface area contributed by atoms with Crippen molar-refractivity contribution in [2.75, 3.05) is 6.54 Å². The summed E-state index contributed by atoms with van der Waals surface area (Å²) >= 11 is 5.84. The Hall–Kier alpha value is -1.13. The molecule has 0 bridgehead atoms. The van der Waals surface area contributed by atoms with E-state index in [2.05, 4.69) is 4.98 Å². The summed E-state index contributed by atoms with van der Waals surface area (Å²) in [6.45, 7) is 0.605. The Morgan fingerprint density at radius 3 is 2.84 bits per heavy atom. The van der Waals surface area contributed by atoms with Gasteiger partial charge in [-0.1, -0.05) is 30.5 Å². The summed E-state index contributed by atoms with van der Waals surface area (Å²) in [5.74, 6) is -0.110. The zero-order chi connectivity index (χ0) is 13.5. The third-order valence-electron chi connectivity index (χ3n) is 4.43. The van der Waals surface area contributed by atoms with Crippen molar-refractivity contribution in [1.29, 1.82) is 0 Å². The standard InChI is InChI=1S/C14H17ClN2O2/c15-12-5-3-4-10(16-12)13(19)17-9-6-11(18)14(17)7-1-2-8-14/h3-5,11,18H,1-2,6-9H2. The van der Waals surface area contributed by atoms with E-state index >= 15 is 0 Å². The van der Waals surface area contributed by atoms with E-state index < -0.39 is 6.10 Å². The van der Waals surface area contributed by atoms with Crippen LogP contribution in [0.15, 0.2) is 18.2 Å². The van der Waals surface area contributed by atoms with Crippen molar-refractivity contribution < 1.29 is 9.90 Å². The van der Waals surface area contributed by atoms with Gasteiger partial charge in [0.05, 0.1) is 11.6 Å². The van der Waals surface area contributed by atoms with Gasteiger partial charge in [0, 0.05) is 6.54 Å². The molecule has 5 heteroatoms. The molecular formula is C14H17ClN2O2. The highest BCUT2D eigenvalue weighted by atomic mass is 35.5. The van der Waals surface area contributed by atoms with Crippen LogP contribution in [-0.2, 0) is 0 Å². The monoisotopic (exact) mass is 280 g/mol. The second-order valence-electron chi connectivity index (χ2n) is 5.42. The molecule has 0 aromatic carbocycles. The summed E-state index contributed by atoms with van der Waals surface area (Å²) in [6.07, 6.45) is 4.18. The number of aliphatic hydroxyl groups is 1. The highest BCUT2D eigenvalue weighted by Crippen LogP contribution is 2.43. The van der Waals surface area contributed by atoms with Crippen LogP contribution in [0.3, 0.4) is 0 Å². The number of halogens is 1. The summed E-state index contributed by atoms with van der Waals surface area (Å²) in [4.78, 5) is 18.5. The first-order valence-corrected chi connectivity index (χ1v) is 7.14. The summed E-state index contributed by atoms with van der Waals surface area (Å²) in [6, 6.07) is 5.07. The number of aromatic nitrogens is 1. The number of pyridine rings is 1. The summed E-state index contributed by atoms with van der Waals surface area (Å²) in [7, 11) is 0. The van der Waals surface area contributed by atoms with Crippen LogP contribution in [0, 0.1) is 0 Å². The quantitative estimate of drug-likeness (QED) is 0.803. The Morgan fingerprint density at radius 1 is 1.42 bits per heavy atom. The highest BCUT2D eigenvalue weighted by molar-refractivity contribution is 6.29. The summed E-state index contributed by atoms with van der Waals surface area (Å²) < 4.78 is 0. The maximum atomic E-state index is 12.6. The Balaban J connectivity index is 1.91. The molecule has 1 unspecified atom stereocenters. The molecule has 1 N–H and O–H groups in total. The van der Waals surface area contributed by atoms with Gasteiger partial charge in [-0.05, 0) is 31.4 Å². The molecule has 1 aliphatic heterocycles. The van der Waals surface area contributed by atoms with Crippen LogP contribution in [0.1, 0.15) is 42.6 Å². The number of nitrogens with zero attached hydrogens (tertiary/aromatic N) is 2. The number of carbonyl (C=O) groups excluding carboxylic acids is 1. The van der Waals surface area contributed by atoms with Crippen LogP contribution >= 0.6 is 11.6 Å². The van der Waals surface area contributed by atoms with Gasteiger partial charge in [-0.3, -0.25) is 4.79 Å². The molecule has 1 aromatic heterocycles. The fraction of sp³-hybridized carbons (Fsp3) is 0.571. The molecule has 1 amide bonds. The minimum Gasteiger partial charge on any atom is -0.391 e. The fourth-order valence-electron chi connectivity index (χ4n) is 3.48. The summed E-state index contributed by atoms with van der Waals surface area (Å²) in [5, 5.41) is 10.6.